The normalized spacial score (nSPS) is 25.9. The van der Waals surface area contributed by atoms with Crippen molar-refractivity contribution >= 4 is 0 Å². The number of nitrogens with zero attached hydrogens (tertiary/aromatic N) is 4. The van der Waals surface area contributed by atoms with E-state index >= 15 is 0 Å². The van der Waals surface area contributed by atoms with Gasteiger partial charge < -0.3 is 14.4 Å². The minimum atomic E-state index is -0.151. The first-order valence-corrected chi connectivity index (χ1v) is 7.13. The molecule has 21 heavy (non-hydrogen) atoms. The SMILES string of the molecule is Oc1cncc(-c2nc(C3CN4CCCC4CO3)no2)c1. The van der Waals surface area contributed by atoms with E-state index in [1.54, 1.807) is 12.3 Å². The third kappa shape index (κ3) is 2.38. The monoisotopic (exact) mass is 288 g/mol. The smallest absolute Gasteiger partial charge is 0.259 e. The molecular formula is C14H16N4O3. The minimum absolute atomic E-state index is 0.0704. The van der Waals surface area contributed by atoms with Crippen LogP contribution < -0.4 is 0 Å². The highest BCUT2D eigenvalue weighted by Crippen LogP contribution is 2.30. The van der Waals surface area contributed by atoms with Crippen molar-refractivity contribution in [2.75, 3.05) is 19.7 Å². The van der Waals surface area contributed by atoms with Gasteiger partial charge in [0.15, 0.2) is 0 Å². The Morgan fingerprint density at radius 1 is 1.33 bits per heavy atom. The maximum atomic E-state index is 9.45. The van der Waals surface area contributed by atoms with Crippen LogP contribution >= 0.6 is 0 Å². The van der Waals surface area contributed by atoms with E-state index in [2.05, 4.69) is 20.0 Å². The van der Waals surface area contributed by atoms with Gasteiger partial charge in [0.05, 0.1) is 18.4 Å². The molecule has 0 aromatic carbocycles. The van der Waals surface area contributed by atoms with Crippen LogP contribution in [-0.4, -0.2) is 50.9 Å². The van der Waals surface area contributed by atoms with Gasteiger partial charge in [-0.15, -0.1) is 0 Å². The predicted octanol–water partition coefficient (Wildman–Crippen LogP) is 1.37. The number of hydrogen-bond acceptors (Lipinski definition) is 7. The molecular weight excluding hydrogens is 272 g/mol. The summed E-state index contributed by atoms with van der Waals surface area (Å²) >= 11 is 0. The van der Waals surface area contributed by atoms with E-state index in [0.29, 0.717) is 23.3 Å². The van der Waals surface area contributed by atoms with Crippen molar-refractivity contribution < 1.29 is 14.4 Å². The number of rotatable bonds is 2. The lowest BCUT2D eigenvalue weighted by atomic mass is 10.2. The maximum Gasteiger partial charge on any atom is 0.259 e. The average molecular weight is 288 g/mol. The van der Waals surface area contributed by atoms with E-state index in [4.69, 9.17) is 9.26 Å². The van der Waals surface area contributed by atoms with Crippen LogP contribution in [0.4, 0.5) is 0 Å². The van der Waals surface area contributed by atoms with Crippen LogP contribution in [-0.2, 0) is 4.74 Å². The van der Waals surface area contributed by atoms with Crippen molar-refractivity contribution in [3.63, 3.8) is 0 Å². The molecule has 2 aromatic heterocycles. The van der Waals surface area contributed by atoms with Crippen LogP contribution in [0.3, 0.4) is 0 Å². The molecule has 0 amide bonds. The van der Waals surface area contributed by atoms with Gasteiger partial charge in [-0.1, -0.05) is 5.16 Å². The number of morpholine rings is 1. The van der Waals surface area contributed by atoms with Crippen molar-refractivity contribution in [3.05, 3.63) is 24.3 Å². The largest absolute Gasteiger partial charge is 0.506 e. The fourth-order valence-electron chi connectivity index (χ4n) is 3.00. The summed E-state index contributed by atoms with van der Waals surface area (Å²) in [6, 6.07) is 2.09. The number of fused-ring (bicyclic) bond motifs is 1. The summed E-state index contributed by atoms with van der Waals surface area (Å²) in [5.74, 6) is 0.973. The van der Waals surface area contributed by atoms with Crippen LogP contribution in [0.2, 0.25) is 0 Å². The Balaban J connectivity index is 1.54. The molecule has 1 N–H and O–H groups in total. The highest BCUT2D eigenvalue weighted by Gasteiger charge is 2.34. The van der Waals surface area contributed by atoms with Gasteiger partial charge in [0, 0.05) is 18.8 Å². The standard InChI is InChI=1S/C14H16N4O3/c19-11-4-9(5-15-6-11)14-16-13(17-21-14)12-7-18-3-1-2-10(18)8-20-12/h4-6,10,12,19H,1-3,7-8H2. The van der Waals surface area contributed by atoms with Gasteiger partial charge >= 0.3 is 0 Å². The Kier molecular flexibility index (Phi) is 3.08. The highest BCUT2D eigenvalue weighted by molar-refractivity contribution is 5.53. The zero-order valence-corrected chi connectivity index (χ0v) is 11.5. The lowest BCUT2D eigenvalue weighted by Crippen LogP contribution is -2.42. The Morgan fingerprint density at radius 2 is 2.29 bits per heavy atom. The molecule has 2 fully saturated rings. The van der Waals surface area contributed by atoms with Gasteiger partial charge in [-0.05, 0) is 25.5 Å². The molecule has 2 aliphatic heterocycles. The van der Waals surface area contributed by atoms with Crippen molar-refractivity contribution in [1.82, 2.24) is 20.0 Å². The topological polar surface area (TPSA) is 84.5 Å². The number of ether oxygens (including phenoxy) is 1. The summed E-state index contributed by atoms with van der Waals surface area (Å²) in [7, 11) is 0. The molecule has 0 aliphatic carbocycles. The second-order valence-corrected chi connectivity index (χ2v) is 5.50. The van der Waals surface area contributed by atoms with Gasteiger partial charge in [-0.3, -0.25) is 9.88 Å². The first-order valence-electron chi connectivity index (χ1n) is 7.13. The average Bonchev–Trinajstić information content (AvgIpc) is 3.15. The fraction of sp³-hybridized carbons (Fsp3) is 0.500. The Labute approximate surface area is 121 Å². The first kappa shape index (κ1) is 12.7. The molecule has 2 atom stereocenters. The molecule has 2 saturated heterocycles. The molecule has 2 unspecified atom stereocenters. The van der Waals surface area contributed by atoms with E-state index in [1.165, 1.54) is 19.0 Å². The van der Waals surface area contributed by atoms with E-state index in [0.717, 1.165) is 19.7 Å². The molecule has 0 spiro atoms. The summed E-state index contributed by atoms with van der Waals surface area (Å²) in [5.41, 5.74) is 0.601. The Morgan fingerprint density at radius 3 is 3.19 bits per heavy atom. The molecule has 110 valence electrons. The zero-order valence-electron chi connectivity index (χ0n) is 11.5. The van der Waals surface area contributed by atoms with Crippen molar-refractivity contribution in [2.24, 2.45) is 0 Å². The van der Waals surface area contributed by atoms with Crippen LogP contribution in [0.15, 0.2) is 23.0 Å². The Hall–Kier alpha value is -1.99. The summed E-state index contributed by atoms with van der Waals surface area (Å²) in [5, 5.41) is 13.5. The summed E-state index contributed by atoms with van der Waals surface area (Å²) in [4.78, 5) is 10.7. The quantitative estimate of drug-likeness (QED) is 0.893. The molecule has 0 radical (unpaired) electrons. The number of pyridine rings is 1. The van der Waals surface area contributed by atoms with E-state index in [1.807, 2.05) is 0 Å². The molecule has 7 nitrogen and oxygen atoms in total. The first-order chi connectivity index (χ1) is 10.3. The molecule has 7 heteroatoms. The van der Waals surface area contributed by atoms with Crippen LogP contribution in [0, 0.1) is 0 Å². The number of aromatic nitrogens is 3. The second kappa shape index (κ2) is 5.09. The molecule has 0 saturated carbocycles. The maximum absolute atomic E-state index is 9.45. The number of aromatic hydroxyl groups is 1. The van der Waals surface area contributed by atoms with Crippen molar-refractivity contribution in [2.45, 2.75) is 25.0 Å². The molecule has 2 aliphatic rings. The summed E-state index contributed by atoms with van der Waals surface area (Å²) < 4.78 is 11.1. The predicted molar refractivity (Wildman–Crippen MR) is 72.5 cm³/mol. The molecule has 0 bridgehead atoms. The minimum Gasteiger partial charge on any atom is -0.506 e. The second-order valence-electron chi connectivity index (χ2n) is 5.50. The lowest BCUT2D eigenvalue weighted by molar-refractivity contribution is -0.0548. The van der Waals surface area contributed by atoms with Crippen LogP contribution in [0.5, 0.6) is 5.75 Å². The highest BCUT2D eigenvalue weighted by atomic mass is 16.5. The van der Waals surface area contributed by atoms with Gasteiger partial charge in [-0.2, -0.15) is 4.98 Å². The van der Waals surface area contributed by atoms with Gasteiger partial charge in [-0.25, -0.2) is 0 Å². The van der Waals surface area contributed by atoms with E-state index < -0.39 is 0 Å². The van der Waals surface area contributed by atoms with Crippen molar-refractivity contribution in [1.29, 1.82) is 0 Å². The van der Waals surface area contributed by atoms with Crippen LogP contribution in [0.25, 0.3) is 11.5 Å². The van der Waals surface area contributed by atoms with E-state index in [-0.39, 0.29) is 11.9 Å². The summed E-state index contributed by atoms with van der Waals surface area (Å²) in [6.45, 7) is 2.65. The third-order valence-corrected chi connectivity index (χ3v) is 4.09. The number of hydrogen-bond donors (Lipinski definition) is 1. The van der Waals surface area contributed by atoms with Crippen molar-refractivity contribution in [3.8, 4) is 17.2 Å². The Bertz CT molecular complexity index is 645. The third-order valence-electron chi connectivity index (χ3n) is 4.09. The fourth-order valence-corrected chi connectivity index (χ4v) is 3.00. The zero-order chi connectivity index (χ0) is 14.2. The molecule has 2 aromatic rings. The van der Waals surface area contributed by atoms with Gasteiger partial charge in [0.1, 0.15) is 11.9 Å². The lowest BCUT2D eigenvalue weighted by Gasteiger charge is -2.33. The van der Waals surface area contributed by atoms with E-state index in [9.17, 15) is 5.11 Å². The summed E-state index contributed by atoms with van der Waals surface area (Å²) in [6.07, 6.45) is 5.22. The molecule has 4 rings (SSSR count). The van der Waals surface area contributed by atoms with Gasteiger partial charge in [0.25, 0.3) is 5.89 Å². The van der Waals surface area contributed by atoms with Crippen LogP contribution in [0.1, 0.15) is 24.8 Å². The van der Waals surface area contributed by atoms with Gasteiger partial charge in [0.2, 0.25) is 5.82 Å². The molecule has 4 heterocycles.